The van der Waals surface area contributed by atoms with E-state index in [1.807, 2.05) is 4.90 Å². The molecule has 3 N–H and O–H groups in total. The summed E-state index contributed by atoms with van der Waals surface area (Å²) in [6, 6.07) is 2.15. The third-order valence-corrected chi connectivity index (χ3v) is 4.36. The van der Waals surface area contributed by atoms with Crippen LogP contribution in [0.5, 0.6) is 0 Å². The average Bonchev–Trinajstić information content (AvgIpc) is 3.26. The molecule has 1 saturated carbocycles. The van der Waals surface area contributed by atoms with Crippen LogP contribution in [0.2, 0.25) is 0 Å². The first-order valence-electron chi connectivity index (χ1n) is 8.01. The fourth-order valence-corrected chi connectivity index (χ4v) is 2.98. The Morgan fingerprint density at radius 3 is 2.86 bits per heavy atom. The first-order valence-corrected chi connectivity index (χ1v) is 8.01. The molecule has 2 aliphatic rings. The van der Waals surface area contributed by atoms with E-state index in [1.165, 1.54) is 18.5 Å². The van der Waals surface area contributed by atoms with Crippen LogP contribution in [-0.2, 0) is 11.3 Å². The molecule has 22 heavy (non-hydrogen) atoms. The van der Waals surface area contributed by atoms with Gasteiger partial charge in [0.15, 0.2) is 0 Å². The van der Waals surface area contributed by atoms with Gasteiger partial charge in [-0.2, -0.15) is 5.10 Å². The number of aliphatic hydroxyl groups excluding tert-OH is 1. The molecule has 7 nitrogen and oxygen atoms in total. The van der Waals surface area contributed by atoms with Crippen molar-refractivity contribution in [3.8, 4) is 0 Å². The van der Waals surface area contributed by atoms with Crippen molar-refractivity contribution in [2.45, 2.75) is 31.4 Å². The molecule has 1 aliphatic heterocycles. The molecular formula is C15H25N5O2. The highest BCUT2D eigenvalue weighted by Gasteiger charge is 2.27. The first-order chi connectivity index (χ1) is 10.6. The third kappa shape index (κ3) is 4.06. The Hall–Kier alpha value is -1.44. The maximum Gasteiger partial charge on any atom is 0.233 e. The van der Waals surface area contributed by atoms with Gasteiger partial charge in [0.1, 0.15) is 0 Å². The van der Waals surface area contributed by atoms with Crippen LogP contribution in [0.15, 0.2) is 6.07 Å². The maximum absolute atomic E-state index is 11.5. The van der Waals surface area contributed by atoms with Gasteiger partial charge in [-0.15, -0.1) is 0 Å². The Labute approximate surface area is 130 Å². The highest BCUT2D eigenvalue weighted by molar-refractivity contribution is 5.77. The number of carbonyl (C=O) groups excluding carboxylic acids is 1. The van der Waals surface area contributed by atoms with Gasteiger partial charge in [0.05, 0.1) is 18.3 Å². The molecule has 1 amide bonds. The summed E-state index contributed by atoms with van der Waals surface area (Å²) < 4.78 is 0. The van der Waals surface area contributed by atoms with Gasteiger partial charge in [0.25, 0.3) is 0 Å². The summed E-state index contributed by atoms with van der Waals surface area (Å²) in [6.45, 7) is 3.91. The van der Waals surface area contributed by atoms with Crippen molar-refractivity contribution in [1.29, 1.82) is 0 Å². The van der Waals surface area contributed by atoms with Crippen LogP contribution >= 0.6 is 0 Å². The van der Waals surface area contributed by atoms with E-state index in [4.69, 9.17) is 0 Å². The van der Waals surface area contributed by atoms with Crippen molar-refractivity contribution in [2.75, 3.05) is 39.8 Å². The van der Waals surface area contributed by atoms with Crippen LogP contribution in [0.4, 0.5) is 0 Å². The largest absolute Gasteiger partial charge is 0.390 e. The lowest BCUT2D eigenvalue weighted by atomic mass is 10.2. The zero-order chi connectivity index (χ0) is 15.5. The van der Waals surface area contributed by atoms with E-state index in [0.717, 1.165) is 25.3 Å². The second kappa shape index (κ2) is 6.76. The summed E-state index contributed by atoms with van der Waals surface area (Å²) in [5.41, 5.74) is 2.28. The van der Waals surface area contributed by atoms with Crippen molar-refractivity contribution in [1.82, 2.24) is 25.3 Å². The fourth-order valence-electron chi connectivity index (χ4n) is 2.98. The number of rotatable bonds is 5. The Kier molecular flexibility index (Phi) is 4.75. The van der Waals surface area contributed by atoms with Crippen LogP contribution in [0.1, 0.15) is 30.1 Å². The lowest BCUT2D eigenvalue weighted by Crippen LogP contribution is -2.40. The van der Waals surface area contributed by atoms with Gasteiger partial charge < -0.3 is 10.4 Å². The molecule has 0 radical (unpaired) electrons. The number of nitrogens with one attached hydrogen (secondary N) is 2. The summed E-state index contributed by atoms with van der Waals surface area (Å²) >= 11 is 0. The smallest absolute Gasteiger partial charge is 0.233 e. The van der Waals surface area contributed by atoms with Crippen LogP contribution in [0.3, 0.4) is 0 Å². The molecule has 2 heterocycles. The van der Waals surface area contributed by atoms with Gasteiger partial charge in [-0.25, -0.2) is 0 Å². The number of hydrogen-bond acceptors (Lipinski definition) is 5. The van der Waals surface area contributed by atoms with Gasteiger partial charge in [0, 0.05) is 51.4 Å². The number of aromatic amines is 1. The van der Waals surface area contributed by atoms with Crippen LogP contribution < -0.4 is 5.32 Å². The predicted molar refractivity (Wildman–Crippen MR) is 82.4 cm³/mol. The van der Waals surface area contributed by atoms with Gasteiger partial charge in [-0.3, -0.25) is 19.7 Å². The third-order valence-electron chi connectivity index (χ3n) is 4.36. The molecule has 0 aromatic carbocycles. The summed E-state index contributed by atoms with van der Waals surface area (Å²) in [5.74, 6) is 0.645. The predicted octanol–water partition coefficient (Wildman–Crippen LogP) is -0.488. The fraction of sp³-hybridized carbons (Fsp3) is 0.733. The van der Waals surface area contributed by atoms with Crippen molar-refractivity contribution < 1.29 is 9.90 Å². The summed E-state index contributed by atoms with van der Waals surface area (Å²) in [5, 5.41) is 20.3. The Balaban J connectivity index is 1.54. The molecule has 122 valence electrons. The Morgan fingerprint density at radius 2 is 2.14 bits per heavy atom. The molecule has 0 bridgehead atoms. The van der Waals surface area contributed by atoms with Crippen molar-refractivity contribution in [3.63, 3.8) is 0 Å². The highest BCUT2D eigenvalue weighted by Crippen LogP contribution is 2.39. The van der Waals surface area contributed by atoms with Gasteiger partial charge in [-0.05, 0) is 18.9 Å². The molecule has 1 aromatic heterocycles. The average molecular weight is 307 g/mol. The summed E-state index contributed by atoms with van der Waals surface area (Å²) in [4.78, 5) is 15.7. The number of nitrogens with zero attached hydrogens (tertiary/aromatic N) is 3. The molecule has 1 aromatic rings. The van der Waals surface area contributed by atoms with E-state index < -0.39 is 6.10 Å². The molecule has 1 unspecified atom stereocenters. The minimum absolute atomic E-state index is 0.0108. The van der Waals surface area contributed by atoms with Gasteiger partial charge >= 0.3 is 0 Å². The first kappa shape index (κ1) is 15.5. The Morgan fingerprint density at radius 1 is 1.41 bits per heavy atom. The van der Waals surface area contributed by atoms with Crippen molar-refractivity contribution in [3.05, 3.63) is 17.5 Å². The minimum Gasteiger partial charge on any atom is -0.390 e. The highest BCUT2D eigenvalue weighted by atomic mass is 16.3. The van der Waals surface area contributed by atoms with Crippen molar-refractivity contribution in [2.24, 2.45) is 0 Å². The topological polar surface area (TPSA) is 84.5 Å². The van der Waals surface area contributed by atoms with Crippen LogP contribution in [0.25, 0.3) is 0 Å². The number of β-amino-alcohol motifs (C(OH)–C–C–N with tert-alkyl or cyclic N) is 1. The molecule has 1 aliphatic carbocycles. The van der Waals surface area contributed by atoms with E-state index in [1.54, 1.807) is 7.05 Å². The lowest BCUT2D eigenvalue weighted by Gasteiger charge is -2.20. The maximum atomic E-state index is 11.5. The SMILES string of the molecule is CNC(=O)CN1CCN(Cc2cc(C3CC3)n[nH]2)CC(O)C1. The molecular weight excluding hydrogens is 282 g/mol. The standard InChI is InChI=1S/C15H25N5O2/c1-16-15(22)10-20-5-4-19(8-13(21)9-20)7-12-6-14(18-17-12)11-2-3-11/h6,11,13,21H,2-5,7-10H2,1H3,(H,16,22)(H,17,18). The van der Waals surface area contributed by atoms with Gasteiger partial charge in [0.2, 0.25) is 5.91 Å². The Bertz CT molecular complexity index is 514. The molecule has 1 saturated heterocycles. The number of carbonyl (C=O) groups is 1. The molecule has 7 heteroatoms. The monoisotopic (exact) mass is 307 g/mol. The second-order valence-corrected chi connectivity index (χ2v) is 6.39. The van der Waals surface area contributed by atoms with E-state index >= 15 is 0 Å². The normalized spacial score (nSPS) is 24.2. The number of H-pyrrole nitrogens is 1. The summed E-state index contributed by atoms with van der Waals surface area (Å²) in [6.07, 6.45) is 2.07. The molecule has 0 spiro atoms. The second-order valence-electron chi connectivity index (χ2n) is 6.39. The molecule has 1 atom stereocenters. The minimum atomic E-state index is -0.432. The van der Waals surface area contributed by atoms with Crippen LogP contribution in [-0.4, -0.2) is 76.9 Å². The van der Waals surface area contributed by atoms with E-state index in [9.17, 15) is 9.90 Å². The number of aromatic nitrogens is 2. The quantitative estimate of drug-likeness (QED) is 0.684. The number of likely N-dealkylation sites (N-methyl/N-ethyl adjacent to an activating group) is 1. The van der Waals surface area contributed by atoms with Crippen LogP contribution in [0, 0.1) is 0 Å². The number of hydrogen-bond donors (Lipinski definition) is 3. The van der Waals surface area contributed by atoms with Gasteiger partial charge in [-0.1, -0.05) is 0 Å². The number of amides is 1. The zero-order valence-corrected chi connectivity index (χ0v) is 13.1. The summed E-state index contributed by atoms with van der Waals surface area (Å²) in [7, 11) is 1.64. The van der Waals surface area contributed by atoms with Crippen molar-refractivity contribution >= 4 is 5.91 Å². The van der Waals surface area contributed by atoms with E-state index in [0.29, 0.717) is 25.6 Å². The lowest BCUT2D eigenvalue weighted by molar-refractivity contribution is -0.121. The molecule has 2 fully saturated rings. The van der Waals surface area contributed by atoms with E-state index in [2.05, 4.69) is 26.5 Å². The van der Waals surface area contributed by atoms with E-state index in [-0.39, 0.29) is 5.91 Å². The zero-order valence-electron chi connectivity index (χ0n) is 13.1. The number of aliphatic hydroxyl groups is 1. The molecule has 3 rings (SSSR count).